The van der Waals surface area contributed by atoms with Crippen molar-refractivity contribution < 1.29 is 4.79 Å². The first-order valence-electron chi connectivity index (χ1n) is 1.63. The molecular weight excluding hydrogens is 155 g/mol. The van der Waals surface area contributed by atoms with Crippen molar-refractivity contribution in [3.05, 3.63) is 0 Å². The molecular formula is C3H7KOS2. The zero-order chi connectivity index (χ0) is 4.99. The van der Waals surface area contributed by atoms with Crippen LogP contribution in [0.2, 0.25) is 0 Å². The third kappa shape index (κ3) is 11.5. The Morgan fingerprint density at radius 3 is 2.29 bits per heavy atom. The van der Waals surface area contributed by atoms with Crippen LogP contribution in [-0.4, -0.2) is 61.6 Å². The van der Waals surface area contributed by atoms with Crippen LogP contribution in [0.1, 0.15) is 6.92 Å². The first-order chi connectivity index (χ1) is 2.77. The van der Waals surface area contributed by atoms with E-state index < -0.39 is 0 Å². The number of hydrogen-bond donors (Lipinski definition) is 1. The Bertz CT molecular complexity index is 56.9. The molecule has 0 aromatic carbocycles. The van der Waals surface area contributed by atoms with Crippen LogP contribution in [0.25, 0.3) is 0 Å². The van der Waals surface area contributed by atoms with Gasteiger partial charge in [0.15, 0.2) is 0 Å². The molecule has 1 nitrogen and oxygen atoms in total. The molecule has 0 aromatic heterocycles. The molecule has 0 heterocycles. The summed E-state index contributed by atoms with van der Waals surface area (Å²) in [6, 6.07) is 0. The zero-order valence-corrected chi connectivity index (χ0v) is 5.18. The quantitative estimate of drug-likeness (QED) is 0.460. The summed E-state index contributed by atoms with van der Waals surface area (Å²) in [4.78, 5) is 9.87. The summed E-state index contributed by atoms with van der Waals surface area (Å²) in [7, 11) is 0. The summed E-state index contributed by atoms with van der Waals surface area (Å²) in [5.74, 6) is 0.822. The topological polar surface area (TPSA) is 17.1 Å². The first kappa shape index (κ1) is 11.8. The zero-order valence-electron chi connectivity index (χ0n) is 3.47. The Hall–Kier alpha value is 2.01. The minimum absolute atomic E-state index is 0. The van der Waals surface area contributed by atoms with Gasteiger partial charge in [0.05, 0.1) is 0 Å². The van der Waals surface area contributed by atoms with Crippen LogP contribution < -0.4 is 0 Å². The van der Waals surface area contributed by atoms with Crippen LogP contribution in [0.15, 0.2) is 0 Å². The molecule has 0 spiro atoms. The minimum atomic E-state index is -0.0995. The van der Waals surface area contributed by atoms with Crippen molar-refractivity contribution >= 4 is 80.2 Å². The molecule has 4 heteroatoms. The number of carbonyl (C=O) groups excluding carboxylic acids is 1. The molecule has 0 unspecified atom stereocenters. The van der Waals surface area contributed by atoms with Crippen molar-refractivity contribution in [2.75, 3.05) is 5.75 Å². The van der Waals surface area contributed by atoms with Crippen LogP contribution >= 0.6 is 24.4 Å². The fourth-order valence-electron chi connectivity index (χ4n) is 0.123. The van der Waals surface area contributed by atoms with Crippen molar-refractivity contribution in [1.82, 2.24) is 0 Å². The van der Waals surface area contributed by atoms with E-state index in [1.807, 2.05) is 6.92 Å². The van der Waals surface area contributed by atoms with E-state index in [9.17, 15) is 4.79 Å². The first-order valence-corrected chi connectivity index (χ1v) is 3.06. The maximum atomic E-state index is 9.87. The summed E-state index contributed by atoms with van der Waals surface area (Å²) in [6.07, 6.45) is 0. The van der Waals surface area contributed by atoms with E-state index in [4.69, 9.17) is 0 Å². The second-order valence-corrected chi connectivity index (χ2v) is 2.64. The van der Waals surface area contributed by atoms with Gasteiger partial charge in [0.2, 0.25) is 4.45 Å². The molecule has 0 amide bonds. The van der Waals surface area contributed by atoms with E-state index in [2.05, 4.69) is 12.6 Å². The Morgan fingerprint density at radius 2 is 2.29 bits per heavy atom. The molecule has 0 aromatic rings. The monoisotopic (exact) mass is 162 g/mol. The van der Waals surface area contributed by atoms with Crippen molar-refractivity contribution in [2.24, 2.45) is 0 Å². The van der Waals surface area contributed by atoms with Crippen molar-refractivity contribution in [3.8, 4) is 0 Å². The van der Waals surface area contributed by atoms with Crippen LogP contribution in [0.3, 0.4) is 0 Å². The molecule has 0 saturated heterocycles. The molecule has 38 valence electrons. The van der Waals surface area contributed by atoms with Crippen molar-refractivity contribution in [2.45, 2.75) is 6.92 Å². The number of carbonyl (C=O) groups is 1. The van der Waals surface area contributed by atoms with Crippen LogP contribution in [-0.2, 0) is 0 Å². The van der Waals surface area contributed by atoms with Gasteiger partial charge in [-0.2, -0.15) is 0 Å². The third-order valence-electron chi connectivity index (χ3n) is 0.268. The van der Waals surface area contributed by atoms with Gasteiger partial charge in [-0.1, -0.05) is 31.3 Å². The van der Waals surface area contributed by atoms with E-state index in [0.717, 1.165) is 5.75 Å². The van der Waals surface area contributed by atoms with Gasteiger partial charge in [-0.15, -0.1) is 0 Å². The molecule has 0 aliphatic heterocycles. The van der Waals surface area contributed by atoms with Gasteiger partial charge >= 0.3 is 51.4 Å². The van der Waals surface area contributed by atoms with E-state index in [0.29, 0.717) is 0 Å². The van der Waals surface area contributed by atoms with E-state index in [1.54, 1.807) is 0 Å². The maximum absolute atomic E-state index is 9.87. The van der Waals surface area contributed by atoms with Gasteiger partial charge in [0.1, 0.15) is 0 Å². The van der Waals surface area contributed by atoms with E-state index >= 15 is 0 Å². The molecule has 0 radical (unpaired) electrons. The molecule has 0 saturated carbocycles. The van der Waals surface area contributed by atoms with Crippen molar-refractivity contribution in [1.29, 1.82) is 0 Å². The molecule has 7 heavy (non-hydrogen) atoms. The van der Waals surface area contributed by atoms with Gasteiger partial charge in [-0.25, -0.2) is 0 Å². The van der Waals surface area contributed by atoms with E-state index in [1.165, 1.54) is 11.8 Å². The van der Waals surface area contributed by atoms with E-state index in [-0.39, 0.29) is 55.8 Å². The normalized spacial score (nSPS) is 7.14. The molecule has 0 rings (SSSR count). The van der Waals surface area contributed by atoms with Gasteiger partial charge in [0, 0.05) is 0 Å². The Balaban J connectivity index is 0. The molecule has 0 atom stereocenters. The molecule has 0 aliphatic rings. The fraction of sp³-hybridized carbons (Fsp3) is 0.667. The molecule has 0 N–H and O–H groups in total. The summed E-state index contributed by atoms with van der Waals surface area (Å²) >= 11 is 4.71. The van der Waals surface area contributed by atoms with Crippen LogP contribution in [0, 0.1) is 0 Å². The van der Waals surface area contributed by atoms with Gasteiger partial charge in [-0.3, -0.25) is 4.79 Å². The summed E-state index contributed by atoms with van der Waals surface area (Å²) in [5, 5.41) is 0. The average molecular weight is 162 g/mol. The predicted molar refractivity (Wildman–Crippen MR) is 39.7 cm³/mol. The molecule has 0 fully saturated rings. The number of hydrogen-bond acceptors (Lipinski definition) is 2. The third-order valence-corrected chi connectivity index (χ3v) is 1.19. The van der Waals surface area contributed by atoms with Gasteiger partial charge in [0.25, 0.3) is 0 Å². The number of thiol groups is 1. The van der Waals surface area contributed by atoms with Gasteiger partial charge < -0.3 is 0 Å². The number of rotatable bonds is 1. The standard InChI is InChI=1S/C3H6OS2.K.H/c1-2-6-3(4)5;;/h2H2,1H3,(H,4,5);;. The Labute approximate surface area is 95.8 Å². The average Bonchev–Trinajstić information content (AvgIpc) is 1.35. The second-order valence-electron chi connectivity index (χ2n) is 0.699. The Kier molecular flexibility index (Phi) is 13.5. The van der Waals surface area contributed by atoms with Crippen LogP contribution in [0.4, 0.5) is 4.79 Å². The van der Waals surface area contributed by atoms with Crippen molar-refractivity contribution in [3.63, 3.8) is 0 Å². The van der Waals surface area contributed by atoms with Crippen LogP contribution in [0.5, 0.6) is 0 Å². The fourth-order valence-corrected chi connectivity index (χ4v) is 0.758. The summed E-state index contributed by atoms with van der Waals surface area (Å²) in [6.45, 7) is 1.92. The Morgan fingerprint density at radius 1 is 1.86 bits per heavy atom. The number of thioether (sulfide) groups is 1. The SMILES string of the molecule is CCSC(=O)S.[KH]. The summed E-state index contributed by atoms with van der Waals surface area (Å²) in [5.41, 5.74) is 0. The molecule has 0 aliphatic carbocycles. The summed E-state index contributed by atoms with van der Waals surface area (Å²) < 4.78 is -0.0995. The van der Waals surface area contributed by atoms with Gasteiger partial charge in [-0.05, 0) is 5.75 Å². The predicted octanol–water partition coefficient (Wildman–Crippen LogP) is 1.14. The second kappa shape index (κ2) is 8.01. The molecule has 0 bridgehead atoms.